The molecule has 0 fully saturated rings. The number of fused-ring (bicyclic) bond motifs is 3. The highest BCUT2D eigenvalue weighted by molar-refractivity contribution is 5.81. The molecule has 2 aromatic carbocycles. The smallest absolute Gasteiger partial charge is 0.410 e. The summed E-state index contributed by atoms with van der Waals surface area (Å²) in [4.78, 5) is 24.9. The minimum Gasteiger partial charge on any atom is -0.481 e. The number of methoxy groups -OCH3 is 1. The zero-order valence-corrected chi connectivity index (χ0v) is 34.6. The number of rotatable bonds is 40. The molecule has 1 aliphatic carbocycles. The molecule has 0 unspecified atom stereocenters. The average Bonchev–Trinajstić information content (AvgIpc) is 3.58. The second-order valence-corrected chi connectivity index (χ2v) is 12.7. The number of ether oxygens (including phenoxy) is 13. The van der Waals surface area contributed by atoms with Crippen molar-refractivity contribution in [2.24, 2.45) is 0 Å². The first-order valence-corrected chi connectivity index (χ1v) is 20.3. The molecule has 2 aromatic rings. The van der Waals surface area contributed by atoms with Crippen LogP contribution in [-0.2, 0) is 66.4 Å². The quantitative estimate of drug-likeness (QED) is 0.0964. The van der Waals surface area contributed by atoms with Crippen LogP contribution in [0.15, 0.2) is 48.5 Å². The maximum absolute atomic E-state index is 12.8. The van der Waals surface area contributed by atoms with Gasteiger partial charge in [0.1, 0.15) is 0 Å². The van der Waals surface area contributed by atoms with E-state index in [1.54, 1.807) is 4.90 Å². The second kappa shape index (κ2) is 34.4. The molecule has 17 heteroatoms. The zero-order chi connectivity index (χ0) is 41.9. The first-order valence-electron chi connectivity index (χ1n) is 20.3. The van der Waals surface area contributed by atoms with Crippen LogP contribution < -0.4 is 0 Å². The lowest BCUT2D eigenvalue weighted by atomic mass is 10.0. The number of carboxylic acids is 1. The Balaban J connectivity index is 0.979. The molecular formula is C42H65NO16. The van der Waals surface area contributed by atoms with Crippen molar-refractivity contribution in [2.75, 3.05) is 172 Å². The average molecular weight is 840 g/mol. The van der Waals surface area contributed by atoms with Gasteiger partial charge in [0.05, 0.1) is 178 Å². The van der Waals surface area contributed by atoms with Gasteiger partial charge < -0.3 is 66.7 Å². The zero-order valence-electron chi connectivity index (χ0n) is 34.6. The molecule has 1 amide bonds. The van der Waals surface area contributed by atoms with Gasteiger partial charge in [0, 0.05) is 6.54 Å². The largest absolute Gasteiger partial charge is 0.481 e. The molecule has 17 nitrogen and oxygen atoms in total. The van der Waals surface area contributed by atoms with Crippen molar-refractivity contribution in [3.63, 3.8) is 0 Å². The van der Waals surface area contributed by atoms with E-state index in [9.17, 15) is 9.59 Å². The van der Waals surface area contributed by atoms with E-state index in [4.69, 9.17) is 66.7 Å². The Hall–Kier alpha value is -3.30. The van der Waals surface area contributed by atoms with Gasteiger partial charge in [-0.1, -0.05) is 48.5 Å². The van der Waals surface area contributed by atoms with E-state index in [-0.39, 0.29) is 19.1 Å². The molecule has 0 heterocycles. The van der Waals surface area contributed by atoms with Crippen LogP contribution in [-0.4, -0.2) is 194 Å². The summed E-state index contributed by atoms with van der Waals surface area (Å²) < 4.78 is 70.9. The van der Waals surface area contributed by atoms with Crippen LogP contribution in [0.1, 0.15) is 23.6 Å². The van der Waals surface area contributed by atoms with Crippen LogP contribution in [0.3, 0.4) is 0 Å². The van der Waals surface area contributed by atoms with Crippen molar-refractivity contribution in [3.8, 4) is 11.1 Å². The molecule has 0 saturated heterocycles. The van der Waals surface area contributed by atoms with E-state index >= 15 is 0 Å². The Bertz CT molecular complexity index is 1310. The van der Waals surface area contributed by atoms with E-state index in [0.29, 0.717) is 159 Å². The van der Waals surface area contributed by atoms with Gasteiger partial charge in [0.2, 0.25) is 0 Å². The second-order valence-electron chi connectivity index (χ2n) is 12.7. The molecule has 0 radical (unpaired) electrons. The van der Waals surface area contributed by atoms with Crippen LogP contribution in [0.4, 0.5) is 4.79 Å². The summed E-state index contributed by atoms with van der Waals surface area (Å²) in [5.41, 5.74) is 4.43. The van der Waals surface area contributed by atoms with Gasteiger partial charge in [0.25, 0.3) is 0 Å². The number of aliphatic carboxylic acids is 1. The summed E-state index contributed by atoms with van der Waals surface area (Å²) in [6.45, 7) is 10.9. The first kappa shape index (κ1) is 50.1. The monoisotopic (exact) mass is 839 g/mol. The number of hydrogen-bond donors (Lipinski definition) is 1. The summed E-state index contributed by atoms with van der Waals surface area (Å²) in [6.07, 6.45) is -0.402. The third-order valence-electron chi connectivity index (χ3n) is 8.55. The first-order chi connectivity index (χ1) is 29.1. The van der Waals surface area contributed by atoms with Gasteiger partial charge in [-0.3, -0.25) is 9.69 Å². The van der Waals surface area contributed by atoms with Crippen LogP contribution in [0.2, 0.25) is 0 Å². The van der Waals surface area contributed by atoms with Crippen molar-refractivity contribution in [3.05, 3.63) is 59.7 Å². The molecule has 3 rings (SSSR count). The molecule has 0 aromatic heterocycles. The Morgan fingerprint density at radius 1 is 0.441 bits per heavy atom. The lowest BCUT2D eigenvalue weighted by Gasteiger charge is -2.29. The predicted molar refractivity (Wildman–Crippen MR) is 215 cm³/mol. The molecule has 0 bridgehead atoms. The third kappa shape index (κ3) is 22.8. The van der Waals surface area contributed by atoms with E-state index in [1.807, 2.05) is 24.3 Å². The van der Waals surface area contributed by atoms with E-state index in [0.717, 1.165) is 22.3 Å². The summed E-state index contributed by atoms with van der Waals surface area (Å²) >= 11 is 0. The molecule has 334 valence electrons. The number of carbonyl (C=O) groups is 2. The molecule has 1 aliphatic rings. The van der Waals surface area contributed by atoms with Crippen molar-refractivity contribution in [2.45, 2.75) is 12.5 Å². The highest BCUT2D eigenvalue weighted by Crippen LogP contribution is 2.46. The SMILES string of the molecule is COC(=O)N(CCOCCOCCOCCOCCOCCOCCOCCOCCOCCOCCOCCOCCC(=O)O)C1c2ccccc2-c2ccccc21. The van der Waals surface area contributed by atoms with Crippen LogP contribution >= 0.6 is 0 Å². The third-order valence-corrected chi connectivity index (χ3v) is 8.55. The van der Waals surface area contributed by atoms with Crippen molar-refractivity contribution >= 4 is 12.1 Å². The van der Waals surface area contributed by atoms with Gasteiger partial charge in [-0.05, 0) is 22.3 Å². The molecule has 0 aliphatic heterocycles. The number of hydrogen-bond acceptors (Lipinski definition) is 15. The van der Waals surface area contributed by atoms with Crippen molar-refractivity contribution in [1.82, 2.24) is 4.90 Å². The minimum absolute atomic E-state index is 0.00818. The van der Waals surface area contributed by atoms with Crippen LogP contribution in [0, 0.1) is 0 Å². The van der Waals surface area contributed by atoms with Crippen LogP contribution in [0.25, 0.3) is 11.1 Å². The number of benzene rings is 2. The fraction of sp³-hybridized carbons (Fsp3) is 0.667. The lowest BCUT2D eigenvalue weighted by Crippen LogP contribution is -2.37. The summed E-state index contributed by atoms with van der Waals surface area (Å²) in [5, 5.41) is 8.51. The molecule has 1 N–H and O–H groups in total. The summed E-state index contributed by atoms with van der Waals surface area (Å²) in [5.74, 6) is -0.879. The minimum atomic E-state index is -0.879. The Labute approximate surface area is 348 Å². The predicted octanol–water partition coefficient (Wildman–Crippen LogP) is 3.50. The van der Waals surface area contributed by atoms with Gasteiger partial charge >= 0.3 is 12.1 Å². The number of carbonyl (C=O) groups excluding carboxylic acids is 1. The molecule has 0 atom stereocenters. The maximum Gasteiger partial charge on any atom is 0.410 e. The topological polar surface area (TPSA) is 178 Å². The van der Waals surface area contributed by atoms with Crippen LogP contribution in [0.5, 0.6) is 0 Å². The van der Waals surface area contributed by atoms with Crippen molar-refractivity contribution in [1.29, 1.82) is 0 Å². The summed E-state index contributed by atoms with van der Waals surface area (Å²) in [6, 6.07) is 16.1. The van der Waals surface area contributed by atoms with E-state index in [2.05, 4.69) is 24.3 Å². The standard InChI is InChI=1S/C42H65NO16/c1-47-42(46)43(41-38-8-4-2-6-36(38)37-7-3-5-9-39(37)41)11-13-49-15-17-51-19-21-53-23-25-55-27-29-57-31-33-59-35-34-58-32-30-56-28-26-54-24-22-52-20-18-50-16-14-48-12-10-40(44)45/h2-9,41H,10-35H2,1H3,(H,44,45). The lowest BCUT2D eigenvalue weighted by molar-refractivity contribution is -0.138. The fourth-order valence-electron chi connectivity index (χ4n) is 5.75. The normalized spacial score (nSPS) is 12.2. The van der Waals surface area contributed by atoms with Crippen molar-refractivity contribution < 1.29 is 76.3 Å². The number of nitrogens with zero attached hydrogens (tertiary/aromatic N) is 1. The Kier molecular flexibility index (Phi) is 29.2. The fourth-order valence-corrected chi connectivity index (χ4v) is 5.75. The molecule has 59 heavy (non-hydrogen) atoms. The summed E-state index contributed by atoms with van der Waals surface area (Å²) in [7, 11) is 1.40. The highest BCUT2D eigenvalue weighted by Gasteiger charge is 2.35. The van der Waals surface area contributed by atoms with Gasteiger partial charge in [0.15, 0.2) is 0 Å². The number of amides is 1. The van der Waals surface area contributed by atoms with Gasteiger partial charge in [-0.2, -0.15) is 0 Å². The van der Waals surface area contributed by atoms with Gasteiger partial charge in [-0.25, -0.2) is 4.79 Å². The molecule has 0 saturated carbocycles. The molecular weight excluding hydrogens is 774 g/mol. The Morgan fingerprint density at radius 3 is 1.00 bits per heavy atom. The van der Waals surface area contributed by atoms with E-state index in [1.165, 1.54) is 7.11 Å². The van der Waals surface area contributed by atoms with Gasteiger partial charge in [-0.15, -0.1) is 0 Å². The number of carboxylic acid groups (broad SMARTS) is 1. The Morgan fingerprint density at radius 2 is 0.712 bits per heavy atom. The highest BCUT2D eigenvalue weighted by atomic mass is 16.6. The maximum atomic E-state index is 12.8. The molecule has 0 spiro atoms. The van der Waals surface area contributed by atoms with E-state index < -0.39 is 12.1 Å².